The molecule has 0 fully saturated rings. The second-order valence-corrected chi connectivity index (χ2v) is 8.70. The van der Waals surface area contributed by atoms with E-state index in [4.69, 9.17) is 4.74 Å². The Morgan fingerprint density at radius 2 is 1.69 bits per heavy atom. The Hall–Kier alpha value is -4.28. The van der Waals surface area contributed by atoms with Crippen molar-refractivity contribution in [2.75, 3.05) is 10.6 Å². The molecule has 0 saturated heterocycles. The second-order valence-electron chi connectivity index (χ2n) is 8.70. The van der Waals surface area contributed by atoms with Crippen molar-refractivity contribution in [3.63, 3.8) is 0 Å². The van der Waals surface area contributed by atoms with Gasteiger partial charge >= 0.3 is 12.3 Å². The number of carbonyl (C=O) groups is 3. The molecule has 36 heavy (non-hydrogen) atoms. The molecule has 0 spiro atoms. The molecule has 8 nitrogen and oxygen atoms in total. The van der Waals surface area contributed by atoms with Gasteiger partial charge in [-0.25, -0.2) is 4.79 Å². The molecule has 2 amide bonds. The lowest BCUT2D eigenvalue weighted by Crippen LogP contribution is -2.28. The van der Waals surface area contributed by atoms with Gasteiger partial charge in [0.25, 0.3) is 0 Å². The standard InChI is InChI=1S/C25H23F3N4O4/c1-24(2,3)36-23(35)32-18-8-7-17(25(26,27)28)12-19(18)31-22(34)13-21(33)16-6-4-5-15(11-16)20-14-29-9-10-30-20/h4-12,14H,13H2,1-3H3,(H,31,34)(H,32,35). The quantitative estimate of drug-likeness (QED) is 0.331. The van der Waals surface area contributed by atoms with Crippen molar-refractivity contribution in [2.45, 2.75) is 39.0 Å². The normalized spacial score (nSPS) is 11.5. The number of nitrogens with zero attached hydrogens (tertiary/aromatic N) is 2. The second kappa shape index (κ2) is 10.5. The zero-order chi connectivity index (χ0) is 26.5. The molecule has 188 valence electrons. The van der Waals surface area contributed by atoms with Gasteiger partial charge in [-0.15, -0.1) is 0 Å². The molecule has 3 aromatic rings. The van der Waals surface area contributed by atoms with Crippen LogP contribution in [0.5, 0.6) is 0 Å². The van der Waals surface area contributed by atoms with E-state index < -0.39 is 41.5 Å². The molecule has 0 bridgehead atoms. The Bertz CT molecular complexity index is 1270. The predicted molar refractivity (Wildman–Crippen MR) is 126 cm³/mol. The molecule has 0 aliphatic rings. The van der Waals surface area contributed by atoms with Crippen LogP contribution in [0.15, 0.2) is 61.1 Å². The molecule has 1 heterocycles. The summed E-state index contributed by atoms with van der Waals surface area (Å²) in [7, 11) is 0. The van der Waals surface area contributed by atoms with Gasteiger partial charge < -0.3 is 10.1 Å². The number of alkyl halides is 3. The number of aromatic nitrogens is 2. The van der Waals surface area contributed by atoms with Crippen LogP contribution in [0.4, 0.5) is 29.3 Å². The van der Waals surface area contributed by atoms with Gasteiger partial charge in [0.2, 0.25) is 5.91 Å². The third-order valence-electron chi connectivity index (χ3n) is 4.62. The predicted octanol–water partition coefficient (Wildman–Crippen LogP) is 5.72. The van der Waals surface area contributed by atoms with Crippen LogP contribution in [-0.2, 0) is 15.7 Å². The summed E-state index contributed by atoms with van der Waals surface area (Å²) in [6.45, 7) is 4.85. The summed E-state index contributed by atoms with van der Waals surface area (Å²) < 4.78 is 44.8. The number of halogens is 3. The molecular weight excluding hydrogens is 477 g/mol. The SMILES string of the molecule is CC(C)(C)OC(=O)Nc1ccc(C(F)(F)F)cc1NC(=O)CC(=O)c1cccc(-c2cnccn2)c1. The summed E-state index contributed by atoms with van der Waals surface area (Å²) in [6, 6.07) is 8.81. The van der Waals surface area contributed by atoms with Crippen molar-refractivity contribution in [1.29, 1.82) is 0 Å². The van der Waals surface area contributed by atoms with Crippen LogP contribution in [-0.4, -0.2) is 33.4 Å². The first-order valence-corrected chi connectivity index (χ1v) is 10.7. The molecule has 0 atom stereocenters. The minimum absolute atomic E-state index is 0.123. The van der Waals surface area contributed by atoms with Gasteiger partial charge in [0.05, 0.1) is 35.2 Å². The van der Waals surface area contributed by atoms with Gasteiger partial charge in [-0.3, -0.25) is 24.9 Å². The van der Waals surface area contributed by atoms with Gasteiger partial charge in [0, 0.05) is 23.5 Å². The summed E-state index contributed by atoms with van der Waals surface area (Å²) in [6.07, 6.45) is -1.75. The Morgan fingerprint density at radius 1 is 0.944 bits per heavy atom. The average molecular weight is 500 g/mol. The fourth-order valence-corrected chi connectivity index (χ4v) is 3.09. The minimum Gasteiger partial charge on any atom is -0.444 e. The van der Waals surface area contributed by atoms with Gasteiger partial charge in [0.1, 0.15) is 5.60 Å². The lowest BCUT2D eigenvalue weighted by atomic mass is 10.0. The van der Waals surface area contributed by atoms with E-state index in [-0.39, 0.29) is 16.9 Å². The van der Waals surface area contributed by atoms with Crippen molar-refractivity contribution < 1.29 is 32.3 Å². The van der Waals surface area contributed by atoms with Crippen LogP contribution in [0.3, 0.4) is 0 Å². The van der Waals surface area contributed by atoms with Crippen molar-refractivity contribution in [1.82, 2.24) is 9.97 Å². The van der Waals surface area contributed by atoms with E-state index in [2.05, 4.69) is 20.6 Å². The number of carbonyl (C=O) groups excluding carboxylic acids is 3. The van der Waals surface area contributed by atoms with E-state index >= 15 is 0 Å². The zero-order valence-electron chi connectivity index (χ0n) is 19.6. The molecule has 0 aliphatic carbocycles. The summed E-state index contributed by atoms with van der Waals surface area (Å²) >= 11 is 0. The Morgan fingerprint density at radius 3 is 2.33 bits per heavy atom. The van der Waals surface area contributed by atoms with E-state index in [0.29, 0.717) is 17.3 Å². The van der Waals surface area contributed by atoms with Crippen molar-refractivity contribution >= 4 is 29.2 Å². The van der Waals surface area contributed by atoms with Gasteiger partial charge in [-0.05, 0) is 45.0 Å². The third-order valence-corrected chi connectivity index (χ3v) is 4.62. The van der Waals surface area contributed by atoms with E-state index in [1.165, 1.54) is 24.7 Å². The molecule has 0 saturated carbocycles. The average Bonchev–Trinajstić information content (AvgIpc) is 2.79. The van der Waals surface area contributed by atoms with Crippen LogP contribution >= 0.6 is 0 Å². The number of ketones is 1. The molecular formula is C25H23F3N4O4. The molecule has 2 N–H and O–H groups in total. The first-order chi connectivity index (χ1) is 16.8. The monoisotopic (exact) mass is 500 g/mol. The summed E-state index contributed by atoms with van der Waals surface area (Å²) in [5.41, 5.74) is -1.01. The van der Waals surface area contributed by atoms with E-state index in [0.717, 1.165) is 12.1 Å². The summed E-state index contributed by atoms with van der Waals surface area (Å²) in [4.78, 5) is 45.6. The molecule has 2 aromatic carbocycles. The highest BCUT2D eigenvalue weighted by molar-refractivity contribution is 6.12. The van der Waals surface area contributed by atoms with E-state index in [9.17, 15) is 27.6 Å². The Balaban J connectivity index is 1.79. The van der Waals surface area contributed by atoms with E-state index in [1.54, 1.807) is 39.0 Å². The van der Waals surface area contributed by atoms with Crippen molar-refractivity contribution in [2.24, 2.45) is 0 Å². The number of ether oxygens (including phenoxy) is 1. The first-order valence-electron chi connectivity index (χ1n) is 10.7. The first kappa shape index (κ1) is 26.3. The molecule has 3 rings (SSSR count). The highest BCUT2D eigenvalue weighted by Gasteiger charge is 2.31. The van der Waals surface area contributed by atoms with Gasteiger partial charge in [-0.1, -0.05) is 18.2 Å². The van der Waals surface area contributed by atoms with E-state index in [1.807, 2.05) is 0 Å². The Kier molecular flexibility index (Phi) is 7.71. The lowest BCUT2D eigenvalue weighted by Gasteiger charge is -2.21. The maximum absolute atomic E-state index is 13.2. The van der Waals surface area contributed by atoms with Crippen LogP contribution in [0.25, 0.3) is 11.3 Å². The maximum atomic E-state index is 13.2. The van der Waals surface area contributed by atoms with Gasteiger partial charge in [0.15, 0.2) is 5.78 Å². The number of hydrogen-bond donors (Lipinski definition) is 2. The fraction of sp³-hybridized carbons (Fsp3) is 0.240. The van der Waals surface area contributed by atoms with Gasteiger partial charge in [-0.2, -0.15) is 13.2 Å². The zero-order valence-corrected chi connectivity index (χ0v) is 19.6. The third kappa shape index (κ3) is 7.36. The van der Waals surface area contributed by atoms with Crippen LogP contribution in [0.2, 0.25) is 0 Å². The molecule has 1 aromatic heterocycles. The molecule has 0 unspecified atom stereocenters. The topological polar surface area (TPSA) is 110 Å². The van der Waals surface area contributed by atoms with Crippen LogP contribution < -0.4 is 10.6 Å². The fourth-order valence-electron chi connectivity index (χ4n) is 3.09. The number of amides is 2. The molecule has 0 radical (unpaired) electrons. The highest BCUT2D eigenvalue weighted by Crippen LogP contribution is 2.34. The number of Topliss-reactive ketones (excluding diaryl/α,β-unsaturated/α-hetero) is 1. The largest absolute Gasteiger partial charge is 0.444 e. The lowest BCUT2D eigenvalue weighted by molar-refractivity contribution is -0.137. The number of rotatable bonds is 6. The number of anilines is 2. The summed E-state index contributed by atoms with van der Waals surface area (Å²) in [5, 5.41) is 4.61. The highest BCUT2D eigenvalue weighted by atomic mass is 19.4. The number of benzene rings is 2. The number of nitrogens with one attached hydrogen (secondary N) is 2. The molecule has 11 heteroatoms. The Labute approximate surface area is 204 Å². The minimum atomic E-state index is -4.69. The van der Waals surface area contributed by atoms with Crippen molar-refractivity contribution in [3.05, 3.63) is 72.2 Å². The van der Waals surface area contributed by atoms with Crippen LogP contribution in [0, 0.1) is 0 Å². The van der Waals surface area contributed by atoms with Crippen LogP contribution in [0.1, 0.15) is 43.1 Å². The smallest absolute Gasteiger partial charge is 0.416 e. The number of hydrogen-bond acceptors (Lipinski definition) is 6. The van der Waals surface area contributed by atoms with Crippen molar-refractivity contribution in [3.8, 4) is 11.3 Å². The summed E-state index contributed by atoms with van der Waals surface area (Å²) in [5.74, 6) is -1.43. The maximum Gasteiger partial charge on any atom is 0.416 e. The molecule has 0 aliphatic heterocycles.